The maximum Gasteiger partial charge on any atom is 0.410 e. The zero-order valence-electron chi connectivity index (χ0n) is 14.0. The molecule has 1 aromatic heterocycles. The molecule has 0 aliphatic carbocycles. The van der Waals surface area contributed by atoms with Crippen LogP contribution in [0.5, 0.6) is 0 Å². The highest BCUT2D eigenvalue weighted by molar-refractivity contribution is 6.31. The van der Waals surface area contributed by atoms with Crippen LogP contribution in [0, 0.1) is 5.92 Å². The fourth-order valence-electron chi connectivity index (χ4n) is 2.53. The van der Waals surface area contributed by atoms with Gasteiger partial charge in [-0.3, -0.25) is 4.98 Å². The number of nitrogens with zero attached hydrogens (tertiary/aromatic N) is 2. The minimum atomic E-state index is -0.498. The molecule has 126 valence electrons. The second-order valence-corrected chi connectivity index (χ2v) is 7.16. The van der Waals surface area contributed by atoms with Crippen LogP contribution in [0.1, 0.15) is 39.0 Å². The van der Waals surface area contributed by atoms with Crippen molar-refractivity contribution < 1.29 is 14.6 Å². The highest BCUT2D eigenvalue weighted by atomic mass is 35.5. The van der Waals surface area contributed by atoms with Gasteiger partial charge < -0.3 is 14.7 Å². The number of pyridine rings is 1. The molecule has 2 rings (SSSR count). The standard InChI is InChI=1S/C17H23ClN2O3/c1-11-9-20(16(22)23-17(2,3)4)6-5-13(11)12-7-14(18)15(10-21)19-8-12/h5,7-8,11,21H,6,9-10H2,1-4H3. The first-order valence-corrected chi connectivity index (χ1v) is 8.02. The fraction of sp³-hybridized carbons (Fsp3) is 0.529. The minimum absolute atomic E-state index is 0.147. The zero-order valence-corrected chi connectivity index (χ0v) is 14.7. The molecule has 1 aromatic rings. The van der Waals surface area contributed by atoms with E-state index < -0.39 is 5.60 Å². The van der Waals surface area contributed by atoms with E-state index in [1.165, 1.54) is 0 Å². The predicted molar refractivity (Wildman–Crippen MR) is 90.1 cm³/mol. The van der Waals surface area contributed by atoms with Gasteiger partial charge in [0.2, 0.25) is 0 Å². The number of aliphatic hydroxyl groups is 1. The quantitative estimate of drug-likeness (QED) is 0.896. The van der Waals surface area contributed by atoms with Crippen molar-refractivity contribution in [3.63, 3.8) is 0 Å². The second-order valence-electron chi connectivity index (χ2n) is 6.76. The van der Waals surface area contributed by atoms with Crippen LogP contribution in [0.15, 0.2) is 18.3 Å². The molecule has 0 saturated carbocycles. The molecule has 1 atom stereocenters. The van der Waals surface area contributed by atoms with Gasteiger partial charge in [-0.15, -0.1) is 0 Å². The summed E-state index contributed by atoms with van der Waals surface area (Å²) < 4.78 is 5.41. The van der Waals surface area contributed by atoms with E-state index in [2.05, 4.69) is 11.9 Å². The van der Waals surface area contributed by atoms with E-state index in [9.17, 15) is 4.79 Å². The van der Waals surface area contributed by atoms with E-state index in [0.717, 1.165) is 11.1 Å². The van der Waals surface area contributed by atoms with Gasteiger partial charge in [0, 0.05) is 19.3 Å². The largest absolute Gasteiger partial charge is 0.444 e. The van der Waals surface area contributed by atoms with Crippen LogP contribution in [0.4, 0.5) is 4.79 Å². The molecule has 0 aromatic carbocycles. The van der Waals surface area contributed by atoms with Crippen molar-refractivity contribution in [1.29, 1.82) is 0 Å². The number of hydrogen-bond acceptors (Lipinski definition) is 4. The van der Waals surface area contributed by atoms with Crippen LogP contribution < -0.4 is 0 Å². The predicted octanol–water partition coefficient (Wildman–Crippen LogP) is 3.50. The molecule has 2 heterocycles. The third-order valence-corrected chi connectivity index (χ3v) is 3.94. The Morgan fingerprint density at radius 1 is 1.52 bits per heavy atom. The lowest BCUT2D eigenvalue weighted by Crippen LogP contribution is -2.41. The van der Waals surface area contributed by atoms with E-state index in [1.54, 1.807) is 11.1 Å². The van der Waals surface area contributed by atoms with Gasteiger partial charge >= 0.3 is 6.09 Å². The SMILES string of the molecule is CC1CN(C(=O)OC(C)(C)C)CC=C1c1cnc(CO)c(Cl)c1. The van der Waals surface area contributed by atoms with Crippen molar-refractivity contribution in [2.75, 3.05) is 13.1 Å². The Kier molecular flexibility index (Phi) is 5.32. The molecule has 1 unspecified atom stereocenters. The first kappa shape index (κ1) is 17.8. The normalized spacial score (nSPS) is 18.6. The lowest BCUT2D eigenvalue weighted by atomic mass is 9.91. The molecule has 6 heteroatoms. The smallest absolute Gasteiger partial charge is 0.410 e. The Hall–Kier alpha value is -1.59. The van der Waals surface area contributed by atoms with E-state index in [-0.39, 0.29) is 18.6 Å². The van der Waals surface area contributed by atoms with Gasteiger partial charge in [0.05, 0.1) is 17.3 Å². The first-order chi connectivity index (χ1) is 10.7. The van der Waals surface area contributed by atoms with E-state index in [4.69, 9.17) is 21.4 Å². The summed E-state index contributed by atoms with van der Waals surface area (Å²) in [6, 6.07) is 1.81. The van der Waals surface area contributed by atoms with Gasteiger partial charge in [-0.25, -0.2) is 4.79 Å². The molecular formula is C17H23ClN2O3. The summed E-state index contributed by atoms with van der Waals surface area (Å²) in [5, 5.41) is 9.59. The molecular weight excluding hydrogens is 316 g/mol. The minimum Gasteiger partial charge on any atom is -0.444 e. The highest BCUT2D eigenvalue weighted by Gasteiger charge is 2.27. The maximum atomic E-state index is 12.2. The summed E-state index contributed by atoms with van der Waals surface area (Å²) in [6.07, 6.45) is 3.42. The van der Waals surface area contributed by atoms with Crippen LogP contribution in [0.2, 0.25) is 5.02 Å². The molecule has 0 radical (unpaired) electrons. The van der Waals surface area contributed by atoms with Crippen LogP contribution in [-0.2, 0) is 11.3 Å². The van der Waals surface area contributed by atoms with Crippen molar-refractivity contribution in [1.82, 2.24) is 9.88 Å². The monoisotopic (exact) mass is 338 g/mol. The van der Waals surface area contributed by atoms with Crippen LogP contribution in [-0.4, -0.2) is 39.8 Å². The van der Waals surface area contributed by atoms with Crippen LogP contribution in [0.3, 0.4) is 0 Å². The molecule has 0 spiro atoms. The Morgan fingerprint density at radius 3 is 2.74 bits per heavy atom. The molecule has 0 saturated heterocycles. The number of aliphatic hydroxyl groups excluding tert-OH is 1. The summed E-state index contributed by atoms with van der Waals surface area (Å²) in [7, 11) is 0. The lowest BCUT2D eigenvalue weighted by Gasteiger charge is -2.33. The number of aromatic nitrogens is 1. The summed E-state index contributed by atoms with van der Waals surface area (Å²) in [5.74, 6) is 0.147. The third kappa shape index (κ3) is 4.45. The van der Waals surface area contributed by atoms with Gasteiger partial charge in [-0.1, -0.05) is 24.6 Å². The number of hydrogen-bond donors (Lipinski definition) is 1. The van der Waals surface area contributed by atoms with Crippen LogP contribution in [0.25, 0.3) is 5.57 Å². The van der Waals surface area contributed by atoms with Crippen LogP contribution >= 0.6 is 11.6 Å². The zero-order chi connectivity index (χ0) is 17.2. The Labute approximate surface area is 141 Å². The molecule has 23 heavy (non-hydrogen) atoms. The Bertz CT molecular complexity index is 623. The topological polar surface area (TPSA) is 62.7 Å². The number of rotatable bonds is 2. The number of carbonyl (C=O) groups is 1. The molecule has 1 aliphatic rings. The summed E-state index contributed by atoms with van der Waals surface area (Å²) in [4.78, 5) is 18.0. The maximum absolute atomic E-state index is 12.2. The summed E-state index contributed by atoms with van der Waals surface area (Å²) >= 11 is 6.11. The number of ether oxygens (including phenoxy) is 1. The van der Waals surface area contributed by atoms with Crippen molar-refractivity contribution >= 4 is 23.3 Å². The van der Waals surface area contributed by atoms with Gasteiger partial charge in [0.1, 0.15) is 5.60 Å². The molecule has 1 N–H and O–H groups in total. The van der Waals surface area contributed by atoms with Gasteiger partial charge in [-0.05, 0) is 43.9 Å². The molecule has 0 bridgehead atoms. The summed E-state index contributed by atoms with van der Waals surface area (Å²) in [5.41, 5.74) is 1.99. The lowest BCUT2D eigenvalue weighted by molar-refractivity contribution is 0.0252. The Morgan fingerprint density at radius 2 is 2.22 bits per heavy atom. The second kappa shape index (κ2) is 6.89. The molecule has 0 fully saturated rings. The molecule has 1 amide bonds. The van der Waals surface area contributed by atoms with Crippen molar-refractivity contribution in [2.45, 2.75) is 39.9 Å². The van der Waals surface area contributed by atoms with E-state index in [1.807, 2.05) is 32.9 Å². The first-order valence-electron chi connectivity index (χ1n) is 7.65. The molecule has 1 aliphatic heterocycles. The van der Waals surface area contributed by atoms with Gasteiger partial charge in [0.25, 0.3) is 0 Å². The van der Waals surface area contributed by atoms with E-state index in [0.29, 0.717) is 23.8 Å². The van der Waals surface area contributed by atoms with Crippen molar-refractivity contribution in [3.8, 4) is 0 Å². The third-order valence-electron chi connectivity index (χ3n) is 3.61. The van der Waals surface area contributed by atoms with Gasteiger partial charge in [-0.2, -0.15) is 0 Å². The Balaban J connectivity index is 2.15. The number of halogens is 1. The fourth-order valence-corrected chi connectivity index (χ4v) is 2.76. The number of amides is 1. The average molecular weight is 339 g/mol. The average Bonchev–Trinajstić information content (AvgIpc) is 2.45. The van der Waals surface area contributed by atoms with E-state index >= 15 is 0 Å². The number of carbonyl (C=O) groups excluding carboxylic acids is 1. The summed E-state index contributed by atoms with van der Waals surface area (Å²) in [6.45, 7) is 8.52. The van der Waals surface area contributed by atoms with Gasteiger partial charge in [0.15, 0.2) is 0 Å². The molecule has 5 nitrogen and oxygen atoms in total. The highest BCUT2D eigenvalue weighted by Crippen LogP contribution is 2.30. The van der Waals surface area contributed by atoms with Crippen molar-refractivity contribution in [3.05, 3.63) is 34.6 Å². The van der Waals surface area contributed by atoms with Crippen molar-refractivity contribution in [2.24, 2.45) is 5.92 Å².